The van der Waals surface area contributed by atoms with Crippen LogP contribution in [0.25, 0.3) is 0 Å². The van der Waals surface area contributed by atoms with Gasteiger partial charge in [-0.1, -0.05) is 0 Å². The molecule has 0 aromatic carbocycles. The molecule has 2 aliphatic heterocycles. The number of anilines is 1. The Morgan fingerprint density at radius 3 is 2.50 bits per heavy atom. The fourth-order valence-electron chi connectivity index (χ4n) is 1.68. The molecular formula is C13H21BN2O3S. The molecule has 0 aliphatic carbocycles. The first-order chi connectivity index (χ1) is 12.8. The van der Waals surface area contributed by atoms with Gasteiger partial charge in [0.05, 0.1) is 42.3 Å². The molecule has 110 valence electrons. The average molecular weight is 305 g/mol. The Labute approximate surface area is 137 Å². The van der Waals surface area contributed by atoms with Gasteiger partial charge < -0.3 is 18.9 Å². The summed E-state index contributed by atoms with van der Waals surface area (Å²) in [5.41, 5.74) is -1.49. The molecule has 2 saturated heterocycles. The van der Waals surface area contributed by atoms with E-state index in [0.717, 1.165) is 0 Å². The van der Waals surface area contributed by atoms with Crippen LogP contribution in [0.2, 0.25) is 0 Å². The standard InChI is InChI=1S/C13H21BN2O3S/c1-12(2)13(3,4)19-14(18-12)10-9-20-11(15-10)16-5-7-17-8-6-16/h9H,5-8H2,1-4H3/i5D2,6D2,7D2,8D2,9D. The largest absolute Gasteiger partial charge is 0.515 e. The fraction of sp³-hybridized carbons (Fsp3) is 0.769. The zero-order chi connectivity index (χ0) is 22.4. The molecule has 0 amide bonds. The molecule has 3 heterocycles. The summed E-state index contributed by atoms with van der Waals surface area (Å²) < 4.78 is 87.9. The zero-order valence-corrected chi connectivity index (χ0v) is 12.4. The van der Waals surface area contributed by atoms with Crippen LogP contribution in [-0.4, -0.2) is 49.4 Å². The molecule has 0 spiro atoms. The van der Waals surface area contributed by atoms with Crippen molar-refractivity contribution in [3.05, 3.63) is 5.36 Å². The number of rotatable bonds is 2. The highest BCUT2D eigenvalue weighted by Gasteiger charge is 2.52. The molecule has 0 atom stereocenters. The number of aromatic nitrogens is 1. The predicted octanol–water partition coefficient (Wildman–Crippen LogP) is 1.28. The Hall–Kier alpha value is -0.625. The van der Waals surface area contributed by atoms with Gasteiger partial charge in [-0.15, -0.1) is 11.3 Å². The normalized spacial score (nSPS) is 41.9. The van der Waals surface area contributed by atoms with Crippen molar-refractivity contribution in [1.82, 2.24) is 4.98 Å². The van der Waals surface area contributed by atoms with Crippen molar-refractivity contribution in [3.8, 4) is 0 Å². The van der Waals surface area contributed by atoms with Crippen LogP contribution in [0.5, 0.6) is 0 Å². The van der Waals surface area contributed by atoms with Crippen LogP contribution in [0.15, 0.2) is 5.36 Å². The fourth-order valence-corrected chi connectivity index (χ4v) is 2.35. The van der Waals surface area contributed by atoms with E-state index in [4.69, 9.17) is 21.6 Å². The van der Waals surface area contributed by atoms with Gasteiger partial charge in [-0.25, -0.2) is 4.98 Å². The molecule has 2 aliphatic rings. The maximum Gasteiger partial charge on any atom is 0.515 e. The van der Waals surface area contributed by atoms with E-state index in [9.17, 15) is 0 Å². The second kappa shape index (κ2) is 4.98. The number of thiazole rings is 1. The smallest absolute Gasteiger partial charge is 0.398 e. The third kappa shape index (κ3) is 2.48. The zero-order valence-electron chi connectivity index (χ0n) is 20.6. The Kier molecular flexibility index (Phi) is 1.77. The predicted molar refractivity (Wildman–Crippen MR) is 80.9 cm³/mol. The van der Waals surface area contributed by atoms with Crippen LogP contribution in [0.4, 0.5) is 5.13 Å². The summed E-state index contributed by atoms with van der Waals surface area (Å²) >= 11 is 0.567. The van der Waals surface area contributed by atoms with Crippen molar-refractivity contribution in [1.29, 1.82) is 0 Å². The first-order valence-electron chi connectivity index (χ1n) is 10.6. The lowest BCUT2D eigenvalue weighted by atomic mass is 9.86. The minimum atomic E-state index is -3.19. The van der Waals surface area contributed by atoms with Gasteiger partial charge in [0.15, 0.2) is 5.13 Å². The molecule has 7 heteroatoms. The summed E-state index contributed by atoms with van der Waals surface area (Å²) in [5.74, 6) is 0. The number of nitrogens with zero attached hydrogens (tertiary/aromatic N) is 2. The van der Waals surface area contributed by atoms with E-state index < -0.39 is 49.6 Å². The van der Waals surface area contributed by atoms with Gasteiger partial charge in [-0.05, 0) is 27.7 Å². The van der Waals surface area contributed by atoms with Crippen molar-refractivity contribution < 1.29 is 26.4 Å². The summed E-state index contributed by atoms with van der Waals surface area (Å²) in [4.78, 5) is 4.36. The van der Waals surface area contributed by atoms with Crippen LogP contribution >= 0.6 is 11.3 Å². The Balaban J connectivity index is 2.08. The van der Waals surface area contributed by atoms with Crippen LogP contribution in [0.1, 0.15) is 40.0 Å². The van der Waals surface area contributed by atoms with Gasteiger partial charge in [0.1, 0.15) is 0 Å². The molecular weight excluding hydrogens is 275 g/mol. The number of ether oxygens (including phenoxy) is 1. The minimum absolute atomic E-state index is 0.0251. The second-order valence-electron chi connectivity index (χ2n) is 5.44. The molecule has 5 nitrogen and oxygen atoms in total. The Morgan fingerprint density at radius 1 is 1.30 bits per heavy atom. The van der Waals surface area contributed by atoms with Gasteiger partial charge in [-0.3, -0.25) is 0 Å². The van der Waals surface area contributed by atoms with E-state index in [1.54, 1.807) is 27.7 Å². The lowest BCUT2D eigenvalue weighted by Gasteiger charge is -2.32. The van der Waals surface area contributed by atoms with E-state index in [1.165, 1.54) is 0 Å². The van der Waals surface area contributed by atoms with Gasteiger partial charge in [0, 0.05) is 18.3 Å². The van der Waals surface area contributed by atoms with Crippen LogP contribution in [0, 0.1) is 0 Å². The summed E-state index contributed by atoms with van der Waals surface area (Å²) in [7, 11) is -1.07. The van der Waals surface area contributed by atoms with Crippen molar-refractivity contribution in [2.24, 2.45) is 0 Å². The van der Waals surface area contributed by atoms with Gasteiger partial charge >= 0.3 is 7.12 Å². The summed E-state index contributed by atoms with van der Waals surface area (Å²) in [5, 5.41) is -0.622. The quantitative estimate of drug-likeness (QED) is 0.770. The first-order valence-corrected chi connectivity index (χ1v) is 6.92. The maximum absolute atomic E-state index is 8.20. The number of hydrogen-bond donors (Lipinski definition) is 0. The van der Waals surface area contributed by atoms with Crippen molar-refractivity contribution in [2.45, 2.75) is 38.9 Å². The third-order valence-electron chi connectivity index (χ3n) is 3.55. The summed E-state index contributed by atoms with van der Waals surface area (Å²) in [6.45, 7) is -5.45. The van der Waals surface area contributed by atoms with E-state index in [1.807, 2.05) is 0 Å². The van der Waals surface area contributed by atoms with Gasteiger partial charge in [-0.2, -0.15) is 0 Å². The van der Waals surface area contributed by atoms with Crippen molar-refractivity contribution >= 4 is 29.2 Å². The highest BCUT2D eigenvalue weighted by Crippen LogP contribution is 2.36. The van der Waals surface area contributed by atoms with E-state index in [2.05, 4.69) is 9.72 Å². The van der Waals surface area contributed by atoms with Crippen LogP contribution < -0.4 is 10.5 Å². The highest BCUT2D eigenvalue weighted by molar-refractivity contribution is 7.14. The van der Waals surface area contributed by atoms with Crippen molar-refractivity contribution in [3.63, 3.8) is 0 Å². The third-order valence-corrected chi connectivity index (χ3v) is 4.32. The molecule has 1 aromatic heterocycles. The van der Waals surface area contributed by atoms with E-state index in [-0.39, 0.29) is 15.8 Å². The SMILES string of the molecule is [2H]c1sc(N2C([2H])([2H])C([2H])([2H])OC([2H])([2H])C2([2H])[2H])nc1B1OC(C)(C)C(C)(C)O1. The second-order valence-corrected chi connectivity index (χ2v) is 6.21. The monoisotopic (exact) mass is 305 g/mol. The molecule has 20 heavy (non-hydrogen) atoms. The maximum atomic E-state index is 8.20. The van der Waals surface area contributed by atoms with Crippen molar-refractivity contribution in [2.75, 3.05) is 31.0 Å². The number of morpholine rings is 1. The summed E-state index contributed by atoms with van der Waals surface area (Å²) in [6, 6.07) is 0. The minimum Gasteiger partial charge on any atom is -0.398 e. The molecule has 0 saturated carbocycles. The Morgan fingerprint density at radius 2 is 1.90 bits per heavy atom. The molecule has 2 fully saturated rings. The molecule has 0 N–H and O–H groups in total. The van der Waals surface area contributed by atoms with Crippen LogP contribution in [-0.2, 0) is 14.0 Å². The molecule has 0 radical (unpaired) electrons. The van der Waals surface area contributed by atoms with E-state index in [0.29, 0.717) is 11.3 Å². The van der Waals surface area contributed by atoms with Gasteiger partial charge in [0.25, 0.3) is 0 Å². The topological polar surface area (TPSA) is 43.8 Å². The molecule has 3 rings (SSSR count). The first kappa shape index (κ1) is 7.09. The molecule has 1 aromatic rings. The number of hydrogen-bond acceptors (Lipinski definition) is 6. The summed E-state index contributed by atoms with van der Waals surface area (Å²) in [6.07, 6.45) is 0. The average Bonchev–Trinajstić information content (AvgIpc) is 2.93. The molecule has 0 bridgehead atoms. The van der Waals surface area contributed by atoms with Crippen LogP contribution in [0.3, 0.4) is 0 Å². The Bertz CT molecular complexity index is 790. The van der Waals surface area contributed by atoms with Gasteiger partial charge in [0.2, 0.25) is 0 Å². The van der Waals surface area contributed by atoms with E-state index >= 15 is 0 Å². The highest BCUT2D eigenvalue weighted by atomic mass is 32.1. The lowest BCUT2D eigenvalue weighted by Crippen LogP contribution is -2.41. The lowest BCUT2D eigenvalue weighted by molar-refractivity contribution is 0.00578. The molecule has 0 unspecified atom stereocenters.